The van der Waals surface area contributed by atoms with Crippen molar-refractivity contribution in [3.05, 3.63) is 53.6 Å². The Bertz CT molecular complexity index is 833. The monoisotopic (exact) mass is 412 g/mol. The minimum atomic E-state index is 0.244. The number of nitrogens with one attached hydrogen (secondary N) is 1. The molecule has 7 heteroatoms. The standard InChI is InChI=1S/C23H32N4O3/c1-28-19-9-7-18(8-10-19)20(27-12-4-5-13-27)16-26-23(24)25-15-17-6-11-21(29-2)22(14-17)30-3/h6-11,14,20H,4-5,12-13,15-16H2,1-3H3,(H3,24,25,26). The zero-order chi connectivity index (χ0) is 21.3. The van der Waals surface area contributed by atoms with E-state index in [-0.39, 0.29) is 6.04 Å². The summed E-state index contributed by atoms with van der Waals surface area (Å²) in [5.74, 6) is 2.68. The molecule has 1 saturated heterocycles. The molecule has 0 aromatic heterocycles. The van der Waals surface area contributed by atoms with E-state index in [1.54, 1.807) is 21.3 Å². The van der Waals surface area contributed by atoms with E-state index in [1.165, 1.54) is 18.4 Å². The van der Waals surface area contributed by atoms with Crippen molar-refractivity contribution in [2.45, 2.75) is 25.4 Å². The number of aliphatic imine (C=N–C) groups is 1. The first-order valence-corrected chi connectivity index (χ1v) is 10.3. The van der Waals surface area contributed by atoms with Crippen molar-refractivity contribution in [1.82, 2.24) is 10.2 Å². The fourth-order valence-corrected chi connectivity index (χ4v) is 3.75. The van der Waals surface area contributed by atoms with Crippen LogP contribution in [0.5, 0.6) is 17.2 Å². The van der Waals surface area contributed by atoms with E-state index >= 15 is 0 Å². The number of benzene rings is 2. The van der Waals surface area contributed by atoms with Gasteiger partial charge in [0.1, 0.15) is 5.75 Å². The summed E-state index contributed by atoms with van der Waals surface area (Å²) in [4.78, 5) is 6.99. The third kappa shape index (κ3) is 5.57. The average Bonchev–Trinajstić information content (AvgIpc) is 3.32. The quantitative estimate of drug-likeness (QED) is 0.487. The Morgan fingerprint density at radius 3 is 2.33 bits per heavy atom. The molecular formula is C23H32N4O3. The fourth-order valence-electron chi connectivity index (χ4n) is 3.75. The highest BCUT2D eigenvalue weighted by molar-refractivity contribution is 5.77. The lowest BCUT2D eigenvalue weighted by Gasteiger charge is -2.28. The van der Waals surface area contributed by atoms with Crippen LogP contribution in [0, 0.1) is 0 Å². The van der Waals surface area contributed by atoms with E-state index in [0.717, 1.165) is 24.4 Å². The Kier molecular flexibility index (Phi) is 7.79. The molecule has 0 amide bonds. The van der Waals surface area contributed by atoms with Gasteiger partial charge >= 0.3 is 0 Å². The van der Waals surface area contributed by atoms with Crippen molar-refractivity contribution in [2.24, 2.45) is 10.7 Å². The maximum Gasteiger partial charge on any atom is 0.188 e. The van der Waals surface area contributed by atoms with Crippen molar-refractivity contribution >= 4 is 5.96 Å². The van der Waals surface area contributed by atoms with E-state index in [9.17, 15) is 0 Å². The number of methoxy groups -OCH3 is 3. The summed E-state index contributed by atoms with van der Waals surface area (Å²) in [6, 6.07) is 14.3. The summed E-state index contributed by atoms with van der Waals surface area (Å²) < 4.78 is 15.9. The van der Waals surface area contributed by atoms with Gasteiger partial charge in [0, 0.05) is 6.54 Å². The lowest BCUT2D eigenvalue weighted by atomic mass is 10.1. The van der Waals surface area contributed by atoms with Crippen LogP contribution in [0.3, 0.4) is 0 Å². The van der Waals surface area contributed by atoms with Gasteiger partial charge in [0.05, 0.1) is 33.9 Å². The highest BCUT2D eigenvalue weighted by Crippen LogP contribution is 2.28. The maximum absolute atomic E-state index is 6.16. The molecule has 2 aromatic carbocycles. The summed E-state index contributed by atoms with van der Waals surface area (Å²) in [6.07, 6.45) is 2.46. The van der Waals surface area contributed by atoms with Gasteiger partial charge in [-0.15, -0.1) is 0 Å². The van der Waals surface area contributed by atoms with Crippen molar-refractivity contribution in [2.75, 3.05) is 41.0 Å². The minimum Gasteiger partial charge on any atom is -0.497 e. The number of likely N-dealkylation sites (tertiary alicyclic amines) is 1. The van der Waals surface area contributed by atoms with Crippen LogP contribution in [0.25, 0.3) is 0 Å². The molecule has 1 aliphatic rings. The number of ether oxygens (including phenoxy) is 3. The van der Waals surface area contributed by atoms with Crippen LogP contribution in [0.2, 0.25) is 0 Å². The second kappa shape index (κ2) is 10.7. The molecule has 7 nitrogen and oxygen atoms in total. The smallest absolute Gasteiger partial charge is 0.188 e. The van der Waals surface area contributed by atoms with Gasteiger partial charge in [-0.3, -0.25) is 4.90 Å². The van der Waals surface area contributed by atoms with E-state index in [0.29, 0.717) is 30.5 Å². The molecule has 30 heavy (non-hydrogen) atoms. The summed E-state index contributed by atoms with van der Waals surface area (Å²) in [6.45, 7) is 3.37. The second-order valence-corrected chi connectivity index (χ2v) is 7.30. The molecule has 3 N–H and O–H groups in total. The highest BCUT2D eigenvalue weighted by Gasteiger charge is 2.23. The number of rotatable bonds is 9. The highest BCUT2D eigenvalue weighted by atomic mass is 16.5. The third-order valence-corrected chi connectivity index (χ3v) is 5.44. The van der Waals surface area contributed by atoms with Crippen LogP contribution in [0.4, 0.5) is 0 Å². The van der Waals surface area contributed by atoms with Gasteiger partial charge in [-0.05, 0) is 61.3 Å². The first kappa shape index (κ1) is 21.8. The second-order valence-electron chi connectivity index (χ2n) is 7.30. The summed E-state index contributed by atoms with van der Waals surface area (Å²) >= 11 is 0. The molecule has 1 heterocycles. The summed E-state index contributed by atoms with van der Waals surface area (Å²) in [5.41, 5.74) is 8.41. The molecule has 162 valence electrons. The van der Waals surface area contributed by atoms with Crippen LogP contribution >= 0.6 is 0 Å². The zero-order valence-electron chi connectivity index (χ0n) is 18.1. The van der Waals surface area contributed by atoms with Gasteiger partial charge in [-0.1, -0.05) is 18.2 Å². The molecule has 0 saturated carbocycles. The first-order chi connectivity index (χ1) is 14.6. The van der Waals surface area contributed by atoms with Crippen LogP contribution in [0.1, 0.15) is 30.0 Å². The van der Waals surface area contributed by atoms with Crippen molar-refractivity contribution in [3.63, 3.8) is 0 Å². The molecule has 0 spiro atoms. The van der Waals surface area contributed by atoms with Crippen LogP contribution in [-0.2, 0) is 6.54 Å². The molecule has 1 atom stereocenters. The number of nitrogens with zero attached hydrogens (tertiary/aromatic N) is 2. The van der Waals surface area contributed by atoms with Crippen molar-refractivity contribution in [3.8, 4) is 17.2 Å². The summed E-state index contributed by atoms with van der Waals surface area (Å²) in [7, 11) is 4.93. The van der Waals surface area contributed by atoms with Gasteiger partial charge in [-0.25, -0.2) is 4.99 Å². The maximum atomic E-state index is 6.16. The predicted molar refractivity (Wildman–Crippen MR) is 119 cm³/mol. The van der Waals surface area contributed by atoms with Crippen molar-refractivity contribution < 1.29 is 14.2 Å². The SMILES string of the molecule is COc1ccc(C(CNC(N)=NCc2ccc(OC)c(OC)c2)N2CCCC2)cc1. The Balaban J connectivity index is 1.64. The zero-order valence-corrected chi connectivity index (χ0v) is 18.1. The van der Waals surface area contributed by atoms with Gasteiger partial charge < -0.3 is 25.3 Å². The molecular weight excluding hydrogens is 380 g/mol. The van der Waals surface area contributed by atoms with E-state index in [2.05, 4.69) is 27.3 Å². The van der Waals surface area contributed by atoms with E-state index in [4.69, 9.17) is 19.9 Å². The van der Waals surface area contributed by atoms with Gasteiger partial charge in [-0.2, -0.15) is 0 Å². The minimum absolute atomic E-state index is 0.244. The molecule has 0 aliphatic carbocycles. The van der Waals surface area contributed by atoms with Gasteiger partial charge in [0.2, 0.25) is 0 Å². The molecule has 0 radical (unpaired) electrons. The Hall–Kier alpha value is -2.93. The number of hydrogen-bond acceptors (Lipinski definition) is 5. The number of hydrogen-bond donors (Lipinski definition) is 2. The topological polar surface area (TPSA) is 81.3 Å². The molecule has 1 unspecified atom stereocenters. The fraction of sp³-hybridized carbons (Fsp3) is 0.435. The Morgan fingerprint density at radius 1 is 1.00 bits per heavy atom. The van der Waals surface area contributed by atoms with Crippen LogP contribution in [-0.4, -0.2) is 51.8 Å². The Morgan fingerprint density at radius 2 is 1.70 bits per heavy atom. The van der Waals surface area contributed by atoms with Crippen LogP contribution in [0.15, 0.2) is 47.5 Å². The van der Waals surface area contributed by atoms with E-state index in [1.807, 2.05) is 30.3 Å². The summed E-state index contributed by atoms with van der Waals surface area (Å²) in [5, 5.41) is 3.31. The number of nitrogens with two attached hydrogens (primary N) is 1. The van der Waals surface area contributed by atoms with Gasteiger partial charge in [0.15, 0.2) is 17.5 Å². The normalized spacial score (nSPS) is 15.6. The number of guanidine groups is 1. The van der Waals surface area contributed by atoms with E-state index < -0.39 is 0 Å². The first-order valence-electron chi connectivity index (χ1n) is 10.3. The van der Waals surface area contributed by atoms with Gasteiger partial charge in [0.25, 0.3) is 0 Å². The van der Waals surface area contributed by atoms with Crippen molar-refractivity contribution in [1.29, 1.82) is 0 Å². The molecule has 1 fully saturated rings. The largest absolute Gasteiger partial charge is 0.497 e. The average molecular weight is 413 g/mol. The lowest BCUT2D eigenvalue weighted by molar-refractivity contribution is 0.245. The Labute approximate surface area is 178 Å². The molecule has 3 rings (SSSR count). The third-order valence-electron chi connectivity index (χ3n) is 5.44. The lowest BCUT2D eigenvalue weighted by Crippen LogP contribution is -2.40. The predicted octanol–water partition coefficient (Wildman–Crippen LogP) is 2.95. The molecule has 0 bridgehead atoms. The van der Waals surface area contributed by atoms with Crippen LogP contribution < -0.4 is 25.3 Å². The molecule has 1 aliphatic heterocycles. The molecule has 2 aromatic rings.